The van der Waals surface area contributed by atoms with Crippen LogP contribution >= 0.6 is 34.4 Å². The largest absolute Gasteiger partial charge is 0.344 e. The van der Waals surface area contributed by atoms with E-state index in [0.29, 0.717) is 28.0 Å². The monoisotopic (exact) mass is 647 g/mol. The average molecular weight is 648 g/mol. The van der Waals surface area contributed by atoms with Crippen molar-refractivity contribution in [1.82, 2.24) is 25.1 Å². The number of carbonyl (C=O) groups excluding carboxylic acids is 2. The molecule has 222 valence electrons. The van der Waals surface area contributed by atoms with Gasteiger partial charge in [0.2, 0.25) is 0 Å². The van der Waals surface area contributed by atoms with Gasteiger partial charge in [0.25, 0.3) is 17.5 Å². The molecule has 1 aliphatic rings. The fourth-order valence-electron chi connectivity index (χ4n) is 4.61. The Morgan fingerprint density at radius 2 is 1.77 bits per heavy atom. The highest BCUT2D eigenvalue weighted by molar-refractivity contribution is 7.99. The molecule has 1 unspecified atom stereocenters. The zero-order valence-electron chi connectivity index (χ0n) is 22.7. The topological polar surface area (TPSA) is 136 Å². The first-order valence-corrected chi connectivity index (χ1v) is 15.9. The second-order valence-electron chi connectivity index (χ2n) is 9.49. The van der Waals surface area contributed by atoms with Crippen LogP contribution in [0, 0.1) is 15.9 Å². The van der Waals surface area contributed by atoms with E-state index in [2.05, 4.69) is 20.6 Å². The predicted molar refractivity (Wildman–Crippen MR) is 166 cm³/mol. The van der Waals surface area contributed by atoms with Crippen LogP contribution in [0.15, 0.2) is 93.8 Å². The number of carbonyl (C=O) groups is 2. The lowest BCUT2D eigenvalue weighted by molar-refractivity contribution is -0.384. The van der Waals surface area contributed by atoms with Crippen LogP contribution in [0.5, 0.6) is 0 Å². The molecule has 0 spiro atoms. The molecule has 2 amide bonds. The molecule has 11 nitrogen and oxygen atoms in total. The summed E-state index contributed by atoms with van der Waals surface area (Å²) >= 11 is 3.96. The number of halogens is 1. The van der Waals surface area contributed by atoms with Gasteiger partial charge in [-0.25, -0.2) is 9.40 Å². The SMILES string of the molecule is O=C(NCc1nnc(SCC(=O)N2N=C(c3cccs3)CC2c2ccc(F)cc2)n1-c1ccc([N+](=O)[O-])cc1)c1cccs1. The lowest BCUT2D eigenvalue weighted by Crippen LogP contribution is -2.28. The van der Waals surface area contributed by atoms with E-state index in [1.165, 1.54) is 51.9 Å². The fraction of sp³-hybridized carbons (Fsp3) is 0.138. The molecule has 2 aromatic carbocycles. The molecule has 5 aromatic rings. The molecular weight excluding hydrogens is 626 g/mol. The van der Waals surface area contributed by atoms with Crippen molar-refractivity contribution in [3.63, 3.8) is 0 Å². The number of amides is 2. The molecule has 1 aliphatic heterocycles. The van der Waals surface area contributed by atoms with Crippen molar-refractivity contribution in [1.29, 1.82) is 0 Å². The van der Waals surface area contributed by atoms with Crippen LogP contribution in [-0.4, -0.2) is 48.0 Å². The molecule has 0 bridgehead atoms. The summed E-state index contributed by atoms with van der Waals surface area (Å²) < 4.78 is 15.3. The van der Waals surface area contributed by atoms with Gasteiger partial charge in [0.05, 0.1) is 38.7 Å². The van der Waals surface area contributed by atoms with Crippen LogP contribution < -0.4 is 5.32 Å². The zero-order valence-corrected chi connectivity index (χ0v) is 25.2. The molecule has 0 saturated heterocycles. The smallest absolute Gasteiger partial charge is 0.269 e. The first kappa shape index (κ1) is 29.3. The van der Waals surface area contributed by atoms with Crippen LogP contribution in [0.1, 0.15) is 38.4 Å². The van der Waals surface area contributed by atoms with E-state index in [0.717, 1.165) is 27.9 Å². The first-order chi connectivity index (χ1) is 21.4. The molecule has 3 aromatic heterocycles. The third-order valence-corrected chi connectivity index (χ3v) is 9.42. The van der Waals surface area contributed by atoms with Crippen LogP contribution in [0.25, 0.3) is 5.69 Å². The quantitative estimate of drug-likeness (QED) is 0.114. The Balaban J connectivity index is 1.25. The molecule has 1 atom stereocenters. The summed E-state index contributed by atoms with van der Waals surface area (Å²) in [5.74, 6) is -0.606. The number of benzene rings is 2. The van der Waals surface area contributed by atoms with Crippen molar-refractivity contribution in [2.45, 2.75) is 24.2 Å². The molecule has 1 N–H and O–H groups in total. The Bertz CT molecular complexity index is 1820. The third kappa shape index (κ3) is 6.29. The third-order valence-electron chi connectivity index (χ3n) is 6.72. The number of thiophene rings is 2. The summed E-state index contributed by atoms with van der Waals surface area (Å²) in [6, 6.07) is 18.8. The van der Waals surface area contributed by atoms with Crippen molar-refractivity contribution in [3.8, 4) is 5.69 Å². The number of hydrazone groups is 1. The molecule has 6 rings (SSSR count). The van der Waals surface area contributed by atoms with E-state index in [9.17, 15) is 24.1 Å². The molecule has 0 fully saturated rings. The second kappa shape index (κ2) is 12.9. The number of rotatable bonds is 10. The number of nitro benzene ring substituents is 1. The van der Waals surface area contributed by atoms with Crippen LogP contribution in [0.3, 0.4) is 0 Å². The lowest BCUT2D eigenvalue weighted by atomic mass is 10.0. The van der Waals surface area contributed by atoms with E-state index in [-0.39, 0.29) is 35.6 Å². The van der Waals surface area contributed by atoms with E-state index in [4.69, 9.17) is 0 Å². The summed E-state index contributed by atoms with van der Waals surface area (Å²) in [6.45, 7) is 0.0302. The number of non-ortho nitro benzene ring substituents is 1. The maximum atomic E-state index is 13.7. The van der Waals surface area contributed by atoms with Crippen molar-refractivity contribution in [3.05, 3.63) is 121 Å². The van der Waals surface area contributed by atoms with Crippen molar-refractivity contribution in [2.24, 2.45) is 5.10 Å². The van der Waals surface area contributed by atoms with Gasteiger partial charge in [0, 0.05) is 24.2 Å². The van der Waals surface area contributed by atoms with Gasteiger partial charge in [-0.2, -0.15) is 5.10 Å². The highest BCUT2D eigenvalue weighted by Crippen LogP contribution is 2.35. The van der Waals surface area contributed by atoms with Crippen molar-refractivity contribution < 1.29 is 18.9 Å². The van der Waals surface area contributed by atoms with Gasteiger partial charge >= 0.3 is 0 Å². The van der Waals surface area contributed by atoms with E-state index in [1.54, 1.807) is 46.3 Å². The Labute approximate surface area is 262 Å². The minimum atomic E-state index is -0.495. The highest BCUT2D eigenvalue weighted by atomic mass is 32.2. The number of hydrogen-bond acceptors (Lipinski definition) is 10. The summed E-state index contributed by atoms with van der Waals surface area (Å²) in [5, 5.41) is 32.8. The van der Waals surface area contributed by atoms with Gasteiger partial charge in [0.15, 0.2) is 11.0 Å². The van der Waals surface area contributed by atoms with Gasteiger partial charge in [-0.15, -0.1) is 32.9 Å². The Kier molecular flexibility index (Phi) is 8.58. The zero-order chi connectivity index (χ0) is 30.6. The first-order valence-electron chi connectivity index (χ1n) is 13.2. The van der Waals surface area contributed by atoms with E-state index >= 15 is 0 Å². The van der Waals surface area contributed by atoms with Gasteiger partial charge < -0.3 is 5.32 Å². The fourth-order valence-corrected chi connectivity index (χ4v) is 6.80. The van der Waals surface area contributed by atoms with E-state index < -0.39 is 11.0 Å². The number of thioether (sulfide) groups is 1. The van der Waals surface area contributed by atoms with Crippen molar-refractivity contribution in [2.75, 3.05) is 5.75 Å². The maximum absolute atomic E-state index is 13.7. The summed E-state index contributed by atoms with van der Waals surface area (Å²) in [7, 11) is 0. The minimum absolute atomic E-state index is 0.0302. The number of hydrogen-bond donors (Lipinski definition) is 1. The van der Waals surface area contributed by atoms with Gasteiger partial charge in [-0.05, 0) is 52.7 Å². The highest BCUT2D eigenvalue weighted by Gasteiger charge is 2.33. The molecule has 44 heavy (non-hydrogen) atoms. The molecule has 4 heterocycles. The summed E-state index contributed by atoms with van der Waals surface area (Å²) in [5.41, 5.74) is 1.97. The number of nitrogens with zero attached hydrogens (tertiary/aromatic N) is 6. The lowest BCUT2D eigenvalue weighted by Gasteiger charge is -2.22. The van der Waals surface area contributed by atoms with Crippen LogP contribution in [0.4, 0.5) is 10.1 Å². The minimum Gasteiger partial charge on any atom is -0.344 e. The number of nitro groups is 1. The Morgan fingerprint density at radius 3 is 2.45 bits per heavy atom. The molecular formula is C29H22FN7O4S3. The standard InChI is InChI=1S/C29H22FN7O4S3/c30-19-7-5-18(6-8-19)23-15-22(24-3-1-13-42-24)34-36(23)27(38)17-44-29-33-32-26(16-31-28(39)25-4-2-14-43-25)35(29)20-9-11-21(12-10-20)37(40)41/h1-14,23H,15-17H2,(H,31,39). The Hall–Kier alpha value is -4.73. The van der Waals surface area contributed by atoms with E-state index in [1.807, 2.05) is 17.5 Å². The molecule has 0 aliphatic carbocycles. The number of aromatic nitrogens is 3. The predicted octanol–water partition coefficient (Wildman–Crippen LogP) is 5.84. The van der Waals surface area contributed by atoms with Crippen LogP contribution in [-0.2, 0) is 11.3 Å². The summed E-state index contributed by atoms with van der Waals surface area (Å²) in [6.07, 6.45) is 0.482. The summed E-state index contributed by atoms with van der Waals surface area (Å²) in [4.78, 5) is 38.4. The number of nitrogens with one attached hydrogen (secondary N) is 1. The molecule has 0 saturated carbocycles. The van der Waals surface area contributed by atoms with Gasteiger partial charge in [0.1, 0.15) is 5.82 Å². The molecule has 15 heteroatoms. The van der Waals surface area contributed by atoms with Gasteiger partial charge in [-0.3, -0.25) is 24.3 Å². The average Bonchev–Trinajstić information content (AvgIpc) is 3.85. The molecule has 0 radical (unpaired) electrons. The second-order valence-corrected chi connectivity index (χ2v) is 12.3. The maximum Gasteiger partial charge on any atom is 0.269 e. The van der Waals surface area contributed by atoms with Crippen molar-refractivity contribution >= 4 is 57.6 Å². The normalized spacial score (nSPS) is 14.4. The van der Waals surface area contributed by atoms with Crippen LogP contribution in [0.2, 0.25) is 0 Å². The van der Waals surface area contributed by atoms with Gasteiger partial charge in [-0.1, -0.05) is 36.0 Å². The Morgan fingerprint density at radius 1 is 1.02 bits per heavy atom.